The van der Waals surface area contributed by atoms with Crippen molar-refractivity contribution in [2.75, 3.05) is 25.3 Å². The molecule has 3 aromatic rings. The number of fused-ring (bicyclic) bond motifs is 1. The minimum atomic E-state index is -0.581. The Morgan fingerprint density at radius 3 is 2.59 bits per heavy atom. The van der Waals surface area contributed by atoms with Gasteiger partial charge in [-0.15, -0.1) is 11.3 Å². The quantitative estimate of drug-likeness (QED) is 0.288. The van der Waals surface area contributed by atoms with E-state index in [1.807, 2.05) is 0 Å². The summed E-state index contributed by atoms with van der Waals surface area (Å²) in [5, 5.41) is 6.16. The number of ether oxygens (including phenoxy) is 2. The smallest absolute Gasteiger partial charge is 0.442 e. The zero-order valence-corrected chi connectivity index (χ0v) is 20.6. The molecule has 2 N–H and O–H groups in total. The average molecular weight is 505 g/mol. The predicted molar refractivity (Wildman–Crippen MR) is 128 cm³/mol. The van der Waals surface area contributed by atoms with Gasteiger partial charge in [0, 0.05) is 17.0 Å². The molecule has 0 saturated carbocycles. The van der Waals surface area contributed by atoms with Gasteiger partial charge in [-0.1, -0.05) is 12.8 Å². The van der Waals surface area contributed by atoms with E-state index in [0.29, 0.717) is 22.0 Å². The number of thiophene rings is 1. The summed E-state index contributed by atoms with van der Waals surface area (Å²) in [5.74, 6) is -0.131. The van der Waals surface area contributed by atoms with E-state index in [1.54, 1.807) is 31.4 Å². The number of aryl methyl sites for hydroxylation is 1. The van der Waals surface area contributed by atoms with E-state index in [-0.39, 0.29) is 16.7 Å². The zero-order valence-electron chi connectivity index (χ0n) is 19.0. The van der Waals surface area contributed by atoms with E-state index < -0.39 is 11.6 Å². The maximum atomic E-state index is 12.8. The summed E-state index contributed by atoms with van der Waals surface area (Å²) in [6.07, 6.45) is 6.05. The Morgan fingerprint density at radius 2 is 1.88 bits per heavy atom. The van der Waals surface area contributed by atoms with E-state index in [0.717, 1.165) is 60.7 Å². The summed E-state index contributed by atoms with van der Waals surface area (Å²) >= 11 is 2.49. The average Bonchev–Trinajstić information content (AvgIpc) is 3.36. The molecule has 2 heterocycles. The highest BCUT2D eigenvalue weighted by Gasteiger charge is 2.28. The molecule has 9 nitrogen and oxygen atoms in total. The summed E-state index contributed by atoms with van der Waals surface area (Å²) < 4.78 is 16.6. The first-order valence-electron chi connectivity index (χ1n) is 10.9. The first-order valence-corrected chi connectivity index (χ1v) is 12.8. The van der Waals surface area contributed by atoms with Gasteiger partial charge in [-0.05, 0) is 65.1 Å². The number of carbonyl (C=O) groups is 2. The van der Waals surface area contributed by atoms with Crippen molar-refractivity contribution in [3.05, 3.63) is 50.7 Å². The zero-order chi connectivity index (χ0) is 24.1. The number of hydrogen-bond donors (Lipinski definition) is 2. The van der Waals surface area contributed by atoms with Crippen LogP contribution >= 0.6 is 23.1 Å². The van der Waals surface area contributed by atoms with Crippen LogP contribution < -0.4 is 20.4 Å². The van der Waals surface area contributed by atoms with Gasteiger partial charge in [0.2, 0.25) is 11.6 Å². The van der Waals surface area contributed by atoms with Crippen molar-refractivity contribution < 1.29 is 28.3 Å². The molecule has 0 fully saturated rings. The molecule has 34 heavy (non-hydrogen) atoms. The normalized spacial score (nSPS) is 13.5. The number of aromatic amines is 1. The van der Waals surface area contributed by atoms with Gasteiger partial charge >= 0.3 is 16.6 Å². The van der Waals surface area contributed by atoms with Crippen molar-refractivity contribution >= 4 is 40.0 Å². The van der Waals surface area contributed by atoms with Crippen LogP contribution in [0.3, 0.4) is 0 Å². The van der Waals surface area contributed by atoms with Gasteiger partial charge < -0.3 is 14.8 Å². The van der Waals surface area contributed by atoms with Crippen molar-refractivity contribution in [2.24, 2.45) is 0 Å². The molecule has 2 aromatic heterocycles. The van der Waals surface area contributed by atoms with Crippen molar-refractivity contribution in [3.63, 3.8) is 0 Å². The molecular formula is C23H26N3O6S2+. The number of esters is 1. The number of H-pyrrole nitrogens is 1. The maximum absolute atomic E-state index is 12.8. The maximum Gasteiger partial charge on any atom is 0.442 e. The number of aromatic nitrogens is 2. The summed E-state index contributed by atoms with van der Waals surface area (Å²) in [7, 11) is 2.92. The fraction of sp³-hybridized carbons (Fsp3) is 0.391. The molecular weight excluding hydrogens is 478 g/mol. The van der Waals surface area contributed by atoms with Gasteiger partial charge in [0.1, 0.15) is 10.8 Å². The fourth-order valence-corrected chi connectivity index (χ4v) is 5.98. The number of anilines is 1. The summed E-state index contributed by atoms with van der Waals surface area (Å²) in [6, 6.07) is 7.04. The van der Waals surface area contributed by atoms with Gasteiger partial charge in [-0.2, -0.15) is 0 Å². The highest BCUT2D eigenvalue weighted by Crippen LogP contribution is 2.37. The lowest BCUT2D eigenvalue weighted by molar-refractivity contribution is -0.704. The number of rotatable bonds is 7. The molecule has 0 saturated heterocycles. The molecule has 0 unspecified atom stereocenters. The Hall–Kier alpha value is -3.05. The number of methoxy groups -OCH3 is 2. The van der Waals surface area contributed by atoms with Crippen LogP contribution in [-0.4, -0.2) is 37.1 Å². The van der Waals surface area contributed by atoms with Crippen molar-refractivity contribution in [2.45, 2.75) is 43.6 Å². The predicted octanol–water partition coefficient (Wildman–Crippen LogP) is 3.49. The van der Waals surface area contributed by atoms with E-state index in [4.69, 9.17) is 14.0 Å². The number of nitrogens with one attached hydrogen (secondary N) is 2. The largest absolute Gasteiger partial charge is 0.497 e. The second kappa shape index (κ2) is 10.9. The molecule has 1 aliphatic carbocycles. The molecule has 4 rings (SSSR count). The standard InChI is InChI=1S/C23H25N3O6S2/c1-30-15-11-9-14(10-12-15)26-21(23(29)32-25-26)33-13-18(27)24-20-19(22(28)31-2)16-7-5-3-4-6-8-17(16)34-20/h9-12H,3-8,13H2,1-2H3,(H-,24,25,27,28,29)/p+1. The SMILES string of the molecule is COC(=O)c1c(NC(=O)CSc2c(=O)o[nH][n+]2-c2ccc(OC)cc2)sc2c1CCCCCC2. The second-order valence-corrected chi connectivity index (χ2v) is 9.84. The van der Waals surface area contributed by atoms with E-state index in [1.165, 1.54) is 23.1 Å². The highest BCUT2D eigenvalue weighted by atomic mass is 32.2. The van der Waals surface area contributed by atoms with Crippen LogP contribution in [0.5, 0.6) is 5.75 Å². The van der Waals surface area contributed by atoms with Crippen molar-refractivity contribution in [1.29, 1.82) is 0 Å². The van der Waals surface area contributed by atoms with E-state index >= 15 is 0 Å². The second-order valence-electron chi connectivity index (χ2n) is 7.77. The molecule has 1 amide bonds. The number of carbonyl (C=O) groups excluding carboxylic acids is 2. The minimum Gasteiger partial charge on any atom is -0.497 e. The third-order valence-corrected chi connectivity index (χ3v) is 7.83. The molecule has 180 valence electrons. The first kappa shape index (κ1) is 24.1. The van der Waals surface area contributed by atoms with Crippen LogP contribution in [0.1, 0.15) is 46.5 Å². The monoisotopic (exact) mass is 504 g/mol. The van der Waals surface area contributed by atoms with Gasteiger partial charge in [-0.25, -0.2) is 9.59 Å². The van der Waals surface area contributed by atoms with Gasteiger partial charge in [0.05, 0.1) is 25.5 Å². The fourth-order valence-electron chi connectivity index (χ4n) is 3.91. The van der Waals surface area contributed by atoms with Crippen molar-refractivity contribution in [1.82, 2.24) is 5.27 Å². The van der Waals surface area contributed by atoms with E-state index in [2.05, 4.69) is 10.6 Å². The Bertz CT molecular complexity index is 1230. The first-order chi connectivity index (χ1) is 16.5. The van der Waals surface area contributed by atoms with Crippen LogP contribution in [0, 0.1) is 0 Å². The van der Waals surface area contributed by atoms with Crippen LogP contribution in [0.2, 0.25) is 0 Å². The van der Waals surface area contributed by atoms with Gasteiger partial charge in [-0.3, -0.25) is 9.32 Å². The highest BCUT2D eigenvalue weighted by molar-refractivity contribution is 7.99. The van der Waals surface area contributed by atoms with Crippen molar-refractivity contribution in [3.8, 4) is 11.4 Å². The van der Waals surface area contributed by atoms with Crippen LogP contribution in [0.15, 0.2) is 38.6 Å². The molecule has 0 aliphatic heterocycles. The van der Waals surface area contributed by atoms with Crippen LogP contribution in [-0.2, 0) is 22.4 Å². The molecule has 0 radical (unpaired) electrons. The summed E-state index contributed by atoms with van der Waals surface area (Å²) in [4.78, 5) is 38.7. The van der Waals surface area contributed by atoms with Crippen LogP contribution in [0.4, 0.5) is 5.00 Å². The van der Waals surface area contributed by atoms with Gasteiger partial charge in [0.25, 0.3) is 0 Å². The third-order valence-electron chi connectivity index (χ3n) is 5.59. The lowest BCUT2D eigenvalue weighted by Gasteiger charge is -2.10. The molecule has 0 spiro atoms. The third kappa shape index (κ3) is 5.20. The Kier molecular flexibility index (Phi) is 7.73. The molecule has 1 aliphatic rings. The Morgan fingerprint density at radius 1 is 1.15 bits per heavy atom. The molecule has 11 heteroatoms. The van der Waals surface area contributed by atoms with E-state index in [9.17, 15) is 14.4 Å². The minimum absolute atomic E-state index is 0.0397. The van der Waals surface area contributed by atoms with Gasteiger partial charge in [0.15, 0.2) is 0 Å². The number of hydrogen-bond acceptors (Lipinski definition) is 8. The summed E-state index contributed by atoms with van der Waals surface area (Å²) in [6.45, 7) is 0. The van der Waals surface area contributed by atoms with Crippen LogP contribution in [0.25, 0.3) is 5.69 Å². The Balaban J connectivity index is 1.51. The lowest BCUT2D eigenvalue weighted by atomic mass is 9.96. The number of nitrogens with zero attached hydrogens (tertiary/aromatic N) is 1. The number of amides is 1. The molecule has 1 aromatic carbocycles. The lowest BCUT2D eigenvalue weighted by Crippen LogP contribution is -2.36. The summed E-state index contributed by atoms with van der Waals surface area (Å²) in [5.41, 5.74) is 1.52. The Labute approximate surface area is 204 Å². The topological polar surface area (TPSA) is 115 Å². The number of benzene rings is 1. The molecule has 0 bridgehead atoms. The number of thioether (sulfide) groups is 1. The molecule has 0 atom stereocenters.